The summed E-state index contributed by atoms with van der Waals surface area (Å²) in [6, 6.07) is 11.6. The summed E-state index contributed by atoms with van der Waals surface area (Å²) in [4.78, 5) is 8.53. The van der Waals surface area contributed by atoms with Crippen molar-refractivity contribution < 1.29 is 12.8 Å². The molecule has 152 valence electrons. The van der Waals surface area contributed by atoms with Crippen LogP contribution in [0.3, 0.4) is 0 Å². The lowest BCUT2D eigenvalue weighted by Gasteiger charge is -2.11. The van der Waals surface area contributed by atoms with Crippen LogP contribution in [0.2, 0.25) is 5.02 Å². The lowest BCUT2D eigenvalue weighted by atomic mass is 10.3. The van der Waals surface area contributed by atoms with Gasteiger partial charge in [-0.05, 0) is 56.3 Å². The van der Waals surface area contributed by atoms with Crippen LogP contribution < -0.4 is 15.4 Å². The van der Waals surface area contributed by atoms with Gasteiger partial charge in [0.25, 0.3) is 10.0 Å². The van der Waals surface area contributed by atoms with E-state index in [1.807, 2.05) is 13.8 Å². The molecule has 0 saturated heterocycles. The van der Waals surface area contributed by atoms with E-state index in [4.69, 9.17) is 11.6 Å². The fourth-order valence-corrected chi connectivity index (χ4v) is 3.83. The maximum Gasteiger partial charge on any atom is 0.261 e. The van der Waals surface area contributed by atoms with E-state index in [9.17, 15) is 12.8 Å². The number of sulfonamides is 1. The van der Waals surface area contributed by atoms with Gasteiger partial charge in [-0.15, -0.1) is 0 Å². The SMILES string of the molecule is CCNc1nc(C)cc(Nc2ccc(NS(=O)(=O)c3ccc(F)c(Cl)c3)cc2)n1. The number of aryl methyl sites for hydroxylation is 1. The summed E-state index contributed by atoms with van der Waals surface area (Å²) in [5.74, 6) is 0.457. The standard InChI is InChI=1S/C19H19ClFN5O2S/c1-3-22-19-23-12(2)10-18(25-19)24-13-4-6-14(7-5-13)26-29(27,28)15-8-9-17(21)16(20)11-15/h4-11,26H,3H2,1-2H3,(H2,22,23,24,25). The highest BCUT2D eigenvalue weighted by molar-refractivity contribution is 7.92. The fourth-order valence-electron chi connectivity index (χ4n) is 2.50. The largest absolute Gasteiger partial charge is 0.354 e. The first-order chi connectivity index (χ1) is 13.8. The van der Waals surface area contributed by atoms with Crippen LogP contribution in [0.15, 0.2) is 53.4 Å². The van der Waals surface area contributed by atoms with Gasteiger partial charge >= 0.3 is 0 Å². The lowest BCUT2D eigenvalue weighted by molar-refractivity contribution is 0.599. The topological polar surface area (TPSA) is 96.0 Å². The molecule has 29 heavy (non-hydrogen) atoms. The van der Waals surface area contributed by atoms with Crippen molar-refractivity contribution in [2.24, 2.45) is 0 Å². The molecule has 0 bridgehead atoms. The number of nitrogens with one attached hydrogen (secondary N) is 3. The van der Waals surface area contributed by atoms with Crippen LogP contribution in [0.25, 0.3) is 0 Å². The minimum absolute atomic E-state index is 0.126. The van der Waals surface area contributed by atoms with E-state index >= 15 is 0 Å². The number of hydrogen-bond acceptors (Lipinski definition) is 6. The van der Waals surface area contributed by atoms with Crippen molar-refractivity contribution in [3.63, 3.8) is 0 Å². The second-order valence-corrected chi connectivity index (χ2v) is 8.22. The lowest BCUT2D eigenvalue weighted by Crippen LogP contribution is -2.13. The number of anilines is 4. The van der Waals surface area contributed by atoms with Gasteiger partial charge in [0.15, 0.2) is 0 Å². The van der Waals surface area contributed by atoms with Crippen molar-refractivity contribution in [3.8, 4) is 0 Å². The molecule has 0 saturated carbocycles. The van der Waals surface area contributed by atoms with Gasteiger partial charge in [0.05, 0.1) is 9.92 Å². The molecule has 0 aliphatic heterocycles. The Hall–Kier alpha value is -2.91. The highest BCUT2D eigenvalue weighted by atomic mass is 35.5. The van der Waals surface area contributed by atoms with E-state index in [-0.39, 0.29) is 9.92 Å². The van der Waals surface area contributed by atoms with E-state index in [0.717, 1.165) is 29.6 Å². The van der Waals surface area contributed by atoms with Crippen molar-refractivity contribution >= 4 is 44.8 Å². The number of aromatic nitrogens is 2. The summed E-state index contributed by atoms with van der Waals surface area (Å²) >= 11 is 5.67. The zero-order valence-electron chi connectivity index (χ0n) is 15.7. The second-order valence-electron chi connectivity index (χ2n) is 6.13. The highest BCUT2D eigenvalue weighted by Gasteiger charge is 2.16. The van der Waals surface area contributed by atoms with Gasteiger partial charge in [-0.25, -0.2) is 17.8 Å². The van der Waals surface area contributed by atoms with Crippen LogP contribution in [0.1, 0.15) is 12.6 Å². The summed E-state index contributed by atoms with van der Waals surface area (Å²) in [6.07, 6.45) is 0. The minimum atomic E-state index is -3.89. The third kappa shape index (κ3) is 5.33. The molecule has 3 rings (SSSR count). The molecule has 1 heterocycles. The number of halogens is 2. The van der Waals surface area contributed by atoms with Crippen molar-refractivity contribution in [3.05, 3.63) is 65.1 Å². The molecular weight excluding hydrogens is 417 g/mol. The molecule has 0 aliphatic carbocycles. The first-order valence-electron chi connectivity index (χ1n) is 8.71. The molecule has 7 nitrogen and oxygen atoms in total. The molecule has 3 N–H and O–H groups in total. The molecule has 0 amide bonds. The van der Waals surface area contributed by atoms with E-state index in [1.165, 1.54) is 0 Å². The maximum atomic E-state index is 13.3. The predicted molar refractivity (Wildman–Crippen MR) is 113 cm³/mol. The Balaban J connectivity index is 1.74. The normalized spacial score (nSPS) is 11.2. The molecule has 3 aromatic rings. The fraction of sp³-hybridized carbons (Fsp3) is 0.158. The monoisotopic (exact) mass is 435 g/mol. The zero-order valence-corrected chi connectivity index (χ0v) is 17.3. The molecule has 0 radical (unpaired) electrons. The Morgan fingerprint density at radius 2 is 1.72 bits per heavy atom. The summed E-state index contributed by atoms with van der Waals surface area (Å²) < 4.78 is 40.6. The van der Waals surface area contributed by atoms with Gasteiger partial charge in [0, 0.05) is 29.7 Å². The molecule has 0 fully saturated rings. The Morgan fingerprint density at radius 1 is 1.03 bits per heavy atom. The van der Waals surface area contributed by atoms with Crippen LogP contribution in [0.5, 0.6) is 0 Å². The Kier molecular flexibility index (Phi) is 6.19. The molecule has 0 aliphatic rings. The van der Waals surface area contributed by atoms with Gasteiger partial charge in [-0.3, -0.25) is 4.72 Å². The Labute approximate surface area is 173 Å². The van der Waals surface area contributed by atoms with Crippen molar-refractivity contribution in [1.82, 2.24) is 9.97 Å². The average molecular weight is 436 g/mol. The van der Waals surface area contributed by atoms with Gasteiger partial charge < -0.3 is 10.6 Å². The maximum absolute atomic E-state index is 13.3. The zero-order chi connectivity index (χ0) is 21.0. The van der Waals surface area contributed by atoms with Crippen LogP contribution in [-0.2, 0) is 10.0 Å². The number of benzene rings is 2. The molecule has 0 unspecified atom stereocenters. The summed E-state index contributed by atoms with van der Waals surface area (Å²) in [5, 5.41) is 5.95. The molecule has 1 aromatic heterocycles. The van der Waals surface area contributed by atoms with E-state index in [0.29, 0.717) is 24.0 Å². The third-order valence-corrected chi connectivity index (χ3v) is 5.47. The van der Waals surface area contributed by atoms with Crippen molar-refractivity contribution in [2.45, 2.75) is 18.7 Å². The summed E-state index contributed by atoms with van der Waals surface area (Å²) in [5.41, 5.74) is 1.88. The van der Waals surface area contributed by atoms with E-state index in [2.05, 4.69) is 25.3 Å². The Morgan fingerprint density at radius 3 is 2.38 bits per heavy atom. The van der Waals surface area contributed by atoms with E-state index in [1.54, 1.807) is 30.3 Å². The van der Waals surface area contributed by atoms with Crippen LogP contribution >= 0.6 is 11.6 Å². The first-order valence-corrected chi connectivity index (χ1v) is 10.6. The minimum Gasteiger partial charge on any atom is -0.354 e. The number of rotatable bonds is 7. The van der Waals surface area contributed by atoms with Gasteiger partial charge in [0.1, 0.15) is 11.6 Å². The molecular formula is C19H19ClFN5O2S. The van der Waals surface area contributed by atoms with Crippen molar-refractivity contribution in [2.75, 3.05) is 21.9 Å². The third-order valence-electron chi connectivity index (χ3n) is 3.80. The van der Waals surface area contributed by atoms with Crippen molar-refractivity contribution in [1.29, 1.82) is 0 Å². The van der Waals surface area contributed by atoms with E-state index < -0.39 is 15.8 Å². The molecule has 0 atom stereocenters. The summed E-state index contributed by atoms with van der Waals surface area (Å²) in [7, 11) is -3.89. The first kappa shape index (κ1) is 20.8. The molecule has 0 spiro atoms. The van der Waals surface area contributed by atoms with Crippen LogP contribution in [-0.4, -0.2) is 24.9 Å². The predicted octanol–water partition coefficient (Wildman–Crippen LogP) is 4.55. The molecule has 10 heteroatoms. The van der Waals surface area contributed by atoms with Crippen LogP contribution in [0.4, 0.5) is 27.5 Å². The smallest absolute Gasteiger partial charge is 0.261 e. The Bertz CT molecular complexity index is 1120. The second kappa shape index (κ2) is 8.62. The van der Waals surface area contributed by atoms with Gasteiger partial charge in [-0.1, -0.05) is 11.6 Å². The van der Waals surface area contributed by atoms with Crippen LogP contribution in [0, 0.1) is 12.7 Å². The quantitative estimate of drug-likeness (QED) is 0.503. The average Bonchev–Trinajstić information content (AvgIpc) is 2.65. The molecule has 2 aromatic carbocycles. The van der Waals surface area contributed by atoms with Gasteiger partial charge in [-0.2, -0.15) is 4.98 Å². The number of nitrogens with zero attached hydrogens (tertiary/aromatic N) is 2. The highest BCUT2D eigenvalue weighted by Crippen LogP contribution is 2.23. The summed E-state index contributed by atoms with van der Waals surface area (Å²) in [6.45, 7) is 4.53. The number of hydrogen-bond donors (Lipinski definition) is 3. The van der Waals surface area contributed by atoms with Gasteiger partial charge in [0.2, 0.25) is 5.95 Å².